The molecule has 0 saturated heterocycles. The summed E-state index contributed by atoms with van der Waals surface area (Å²) in [6.45, 7) is 5.43. The van der Waals surface area contributed by atoms with Gasteiger partial charge in [-0.2, -0.15) is 0 Å². The lowest BCUT2D eigenvalue weighted by Crippen LogP contribution is -2.33. The highest BCUT2D eigenvalue weighted by Crippen LogP contribution is 2.24. The van der Waals surface area contributed by atoms with Crippen LogP contribution in [0.4, 0.5) is 0 Å². The van der Waals surface area contributed by atoms with Crippen molar-refractivity contribution in [2.45, 2.75) is 32.5 Å². The molecule has 0 radical (unpaired) electrons. The van der Waals surface area contributed by atoms with Gasteiger partial charge in [-0.05, 0) is 26.0 Å². The van der Waals surface area contributed by atoms with E-state index in [1.54, 1.807) is 7.11 Å². The number of hydrogen-bond acceptors (Lipinski definition) is 3. The molecular formula is C14H22ClNO2. The van der Waals surface area contributed by atoms with E-state index in [0.717, 1.165) is 23.6 Å². The second-order valence-corrected chi connectivity index (χ2v) is 4.53. The summed E-state index contributed by atoms with van der Waals surface area (Å²) in [5.41, 5.74) is 0.969. The second-order valence-electron chi connectivity index (χ2n) is 4.12. The average molecular weight is 272 g/mol. The molecule has 0 spiro atoms. The van der Waals surface area contributed by atoms with Crippen molar-refractivity contribution < 1.29 is 9.47 Å². The SMILES string of the molecule is CCNCOC(C)C(OC)C1=C(Cl)C=CCC=C1. The Labute approximate surface area is 114 Å². The maximum absolute atomic E-state index is 6.26. The third-order valence-corrected chi connectivity index (χ3v) is 3.14. The lowest BCUT2D eigenvalue weighted by Gasteiger charge is -2.24. The van der Waals surface area contributed by atoms with Crippen molar-refractivity contribution in [2.24, 2.45) is 0 Å². The summed E-state index contributed by atoms with van der Waals surface area (Å²) in [6, 6.07) is 0. The molecule has 0 amide bonds. The highest BCUT2D eigenvalue weighted by atomic mass is 35.5. The van der Waals surface area contributed by atoms with Crippen molar-refractivity contribution in [2.75, 3.05) is 20.4 Å². The van der Waals surface area contributed by atoms with E-state index in [1.165, 1.54) is 0 Å². The van der Waals surface area contributed by atoms with Gasteiger partial charge in [0.2, 0.25) is 0 Å². The minimum Gasteiger partial charge on any atom is -0.374 e. The van der Waals surface area contributed by atoms with Crippen molar-refractivity contribution in [1.82, 2.24) is 5.32 Å². The van der Waals surface area contributed by atoms with Gasteiger partial charge in [-0.15, -0.1) is 0 Å². The van der Waals surface area contributed by atoms with Gasteiger partial charge < -0.3 is 9.47 Å². The molecule has 1 aliphatic carbocycles. The van der Waals surface area contributed by atoms with E-state index in [0.29, 0.717) is 6.73 Å². The van der Waals surface area contributed by atoms with Crippen LogP contribution in [0.2, 0.25) is 0 Å². The quantitative estimate of drug-likeness (QED) is 0.570. The van der Waals surface area contributed by atoms with Crippen molar-refractivity contribution in [1.29, 1.82) is 0 Å². The number of hydrogen-bond donors (Lipinski definition) is 1. The van der Waals surface area contributed by atoms with E-state index >= 15 is 0 Å². The van der Waals surface area contributed by atoms with Gasteiger partial charge in [-0.3, -0.25) is 5.32 Å². The minimum absolute atomic E-state index is 0.0612. The summed E-state index contributed by atoms with van der Waals surface area (Å²) in [6.07, 6.45) is 8.71. The van der Waals surface area contributed by atoms with Crippen LogP contribution in [0.1, 0.15) is 20.3 Å². The number of rotatable bonds is 7. The van der Waals surface area contributed by atoms with Gasteiger partial charge in [0, 0.05) is 17.7 Å². The Balaban J connectivity index is 2.72. The predicted molar refractivity (Wildman–Crippen MR) is 75.7 cm³/mol. The molecule has 18 heavy (non-hydrogen) atoms. The molecule has 3 nitrogen and oxygen atoms in total. The van der Waals surface area contributed by atoms with Gasteiger partial charge in [0.05, 0.1) is 12.8 Å². The molecule has 0 aliphatic heterocycles. The Morgan fingerprint density at radius 2 is 2.11 bits per heavy atom. The maximum atomic E-state index is 6.26. The predicted octanol–water partition coefficient (Wildman–Crippen LogP) is 2.98. The molecule has 2 atom stereocenters. The van der Waals surface area contributed by atoms with Crippen LogP contribution in [-0.2, 0) is 9.47 Å². The third kappa shape index (κ3) is 4.58. The lowest BCUT2D eigenvalue weighted by molar-refractivity contribution is -0.0346. The summed E-state index contributed by atoms with van der Waals surface area (Å²) in [4.78, 5) is 0. The molecule has 2 unspecified atom stereocenters. The molecular weight excluding hydrogens is 250 g/mol. The Morgan fingerprint density at radius 3 is 2.78 bits per heavy atom. The van der Waals surface area contributed by atoms with E-state index in [4.69, 9.17) is 21.1 Å². The molecule has 0 bridgehead atoms. The normalized spacial score (nSPS) is 18.9. The molecule has 0 aromatic carbocycles. The van der Waals surface area contributed by atoms with E-state index < -0.39 is 0 Å². The van der Waals surface area contributed by atoms with E-state index in [-0.39, 0.29) is 12.2 Å². The van der Waals surface area contributed by atoms with Gasteiger partial charge in [0.25, 0.3) is 0 Å². The van der Waals surface area contributed by atoms with Crippen molar-refractivity contribution in [3.05, 3.63) is 34.9 Å². The average Bonchev–Trinajstić information content (AvgIpc) is 2.56. The largest absolute Gasteiger partial charge is 0.374 e. The Hall–Kier alpha value is -0.610. The van der Waals surface area contributed by atoms with Crippen LogP contribution in [0.3, 0.4) is 0 Å². The highest BCUT2D eigenvalue weighted by molar-refractivity contribution is 6.31. The monoisotopic (exact) mass is 271 g/mol. The molecule has 1 aliphatic rings. The zero-order valence-electron chi connectivity index (χ0n) is 11.3. The summed E-state index contributed by atoms with van der Waals surface area (Å²) < 4.78 is 11.2. The Bertz CT molecular complexity index is 337. The molecule has 4 heteroatoms. The molecule has 0 heterocycles. The Kier molecular flexibility index (Phi) is 7.28. The first-order chi connectivity index (χ1) is 8.70. The van der Waals surface area contributed by atoms with E-state index in [2.05, 4.69) is 11.4 Å². The number of ether oxygens (including phenoxy) is 2. The summed E-state index contributed by atoms with van der Waals surface area (Å²) in [5, 5.41) is 3.84. The first-order valence-electron chi connectivity index (χ1n) is 6.28. The first-order valence-corrected chi connectivity index (χ1v) is 6.66. The van der Waals surface area contributed by atoms with Crippen LogP contribution in [-0.4, -0.2) is 32.6 Å². The standard InChI is InChI=1S/C14H22ClNO2/c1-4-16-10-18-11(2)14(17-3)12-8-6-5-7-9-13(12)15/h6-9,11,14,16H,4-5,10H2,1-3H3. The van der Waals surface area contributed by atoms with Crippen LogP contribution in [0.15, 0.2) is 34.9 Å². The van der Waals surface area contributed by atoms with Crippen molar-refractivity contribution in [3.63, 3.8) is 0 Å². The van der Waals surface area contributed by atoms with Crippen LogP contribution >= 0.6 is 11.6 Å². The van der Waals surface area contributed by atoms with Crippen LogP contribution < -0.4 is 5.32 Å². The fraction of sp³-hybridized carbons (Fsp3) is 0.571. The Morgan fingerprint density at radius 1 is 1.39 bits per heavy atom. The maximum Gasteiger partial charge on any atom is 0.109 e. The molecule has 1 rings (SSSR count). The second kappa shape index (κ2) is 8.48. The van der Waals surface area contributed by atoms with Crippen molar-refractivity contribution >= 4 is 11.6 Å². The van der Waals surface area contributed by atoms with Gasteiger partial charge >= 0.3 is 0 Å². The summed E-state index contributed by atoms with van der Waals surface area (Å²) >= 11 is 6.26. The van der Waals surface area contributed by atoms with Crippen LogP contribution in [0.5, 0.6) is 0 Å². The summed E-state index contributed by atoms with van der Waals surface area (Å²) in [5.74, 6) is 0. The fourth-order valence-corrected chi connectivity index (χ4v) is 2.06. The first kappa shape index (κ1) is 15.4. The fourth-order valence-electron chi connectivity index (χ4n) is 1.80. The number of methoxy groups -OCH3 is 1. The smallest absolute Gasteiger partial charge is 0.109 e. The van der Waals surface area contributed by atoms with Gasteiger partial charge in [-0.1, -0.05) is 36.8 Å². The van der Waals surface area contributed by atoms with E-state index in [9.17, 15) is 0 Å². The number of allylic oxidation sites excluding steroid dienone is 4. The van der Waals surface area contributed by atoms with Crippen LogP contribution in [0, 0.1) is 0 Å². The molecule has 0 aromatic heterocycles. The molecule has 1 N–H and O–H groups in total. The van der Waals surface area contributed by atoms with Gasteiger partial charge in [-0.25, -0.2) is 0 Å². The number of nitrogens with one attached hydrogen (secondary N) is 1. The minimum atomic E-state index is -0.157. The lowest BCUT2D eigenvalue weighted by atomic mass is 10.0. The zero-order valence-corrected chi connectivity index (χ0v) is 12.0. The van der Waals surface area contributed by atoms with Crippen molar-refractivity contribution in [3.8, 4) is 0 Å². The summed E-state index contributed by atoms with van der Waals surface area (Å²) in [7, 11) is 1.68. The van der Waals surface area contributed by atoms with Gasteiger partial charge in [0.1, 0.15) is 6.10 Å². The molecule has 0 fully saturated rings. The van der Waals surface area contributed by atoms with Gasteiger partial charge in [0.15, 0.2) is 0 Å². The molecule has 102 valence electrons. The molecule has 0 saturated carbocycles. The van der Waals surface area contributed by atoms with E-state index in [1.807, 2.05) is 32.1 Å². The topological polar surface area (TPSA) is 30.5 Å². The van der Waals surface area contributed by atoms with Crippen LogP contribution in [0.25, 0.3) is 0 Å². The highest BCUT2D eigenvalue weighted by Gasteiger charge is 2.22. The third-order valence-electron chi connectivity index (χ3n) is 2.79. The zero-order chi connectivity index (χ0) is 13.4. The molecule has 0 aromatic rings. The number of halogens is 1.